The maximum atomic E-state index is 15.0. The molecule has 1 aliphatic carbocycles. The maximum absolute atomic E-state index is 15.0. The van der Waals surface area contributed by atoms with Crippen LogP contribution in [0, 0.1) is 23.4 Å². The Bertz CT molecular complexity index is 1500. The summed E-state index contributed by atoms with van der Waals surface area (Å²) in [6, 6.07) is 4.94. The van der Waals surface area contributed by atoms with E-state index in [1.807, 2.05) is 4.72 Å². The van der Waals surface area contributed by atoms with Crippen molar-refractivity contribution >= 4 is 21.7 Å². The molecule has 0 spiro atoms. The molecule has 1 aliphatic heterocycles. The van der Waals surface area contributed by atoms with E-state index in [-0.39, 0.29) is 48.1 Å². The second-order valence-corrected chi connectivity index (χ2v) is 12.1. The molecular formula is C26H28F4N6O3S. The highest BCUT2D eigenvalue weighted by Crippen LogP contribution is 2.36. The summed E-state index contributed by atoms with van der Waals surface area (Å²) in [7, 11) is -4.09. The second-order valence-electron chi connectivity index (χ2n) is 10.4. The molecule has 0 radical (unpaired) electrons. The van der Waals surface area contributed by atoms with E-state index >= 15 is 0 Å². The summed E-state index contributed by atoms with van der Waals surface area (Å²) in [5.41, 5.74) is -1.94. The van der Waals surface area contributed by atoms with Gasteiger partial charge in [0.25, 0.3) is 0 Å². The summed E-state index contributed by atoms with van der Waals surface area (Å²) in [4.78, 5) is 12.7. The Morgan fingerprint density at radius 2 is 1.95 bits per heavy atom. The first-order chi connectivity index (χ1) is 19.0. The van der Waals surface area contributed by atoms with Crippen molar-refractivity contribution in [1.29, 1.82) is 0 Å². The Kier molecular flexibility index (Phi) is 7.82. The zero-order valence-electron chi connectivity index (χ0n) is 21.6. The lowest BCUT2D eigenvalue weighted by molar-refractivity contribution is 0.137. The van der Waals surface area contributed by atoms with Gasteiger partial charge in [0.1, 0.15) is 11.4 Å². The summed E-state index contributed by atoms with van der Waals surface area (Å²) < 4.78 is 91.0. The minimum absolute atomic E-state index is 0.0978. The number of halogens is 4. The average molecular weight is 581 g/mol. The smallest absolute Gasteiger partial charge is 0.233 e. The summed E-state index contributed by atoms with van der Waals surface area (Å²) in [6.07, 6.45) is 5.34. The number of pyridine rings is 1. The first kappa shape index (κ1) is 28.0. The molecule has 5 rings (SSSR count). The number of sulfonamides is 1. The van der Waals surface area contributed by atoms with Gasteiger partial charge in [-0.1, -0.05) is 6.42 Å². The lowest BCUT2D eigenvalue weighted by atomic mass is 9.87. The Hall–Kier alpha value is -3.52. The predicted molar refractivity (Wildman–Crippen MR) is 141 cm³/mol. The molecule has 14 heteroatoms. The average Bonchev–Trinajstić information content (AvgIpc) is 2.87. The Balaban J connectivity index is 1.37. The topological polar surface area (TPSA) is 118 Å². The van der Waals surface area contributed by atoms with Crippen molar-refractivity contribution in [3.05, 3.63) is 54.1 Å². The third kappa shape index (κ3) is 6.44. The van der Waals surface area contributed by atoms with Gasteiger partial charge in [0.2, 0.25) is 27.7 Å². The van der Waals surface area contributed by atoms with Crippen LogP contribution < -0.4 is 20.1 Å². The minimum atomic E-state index is -4.09. The molecule has 2 atom stereocenters. The molecule has 1 unspecified atom stereocenters. The van der Waals surface area contributed by atoms with Crippen molar-refractivity contribution in [2.24, 2.45) is 5.92 Å². The van der Waals surface area contributed by atoms with E-state index in [9.17, 15) is 26.0 Å². The van der Waals surface area contributed by atoms with Crippen LogP contribution in [0.1, 0.15) is 32.6 Å². The lowest BCUT2D eigenvalue weighted by Gasteiger charge is -2.33. The zero-order valence-corrected chi connectivity index (χ0v) is 22.4. The molecule has 3 N–H and O–H groups in total. The largest absolute Gasteiger partial charge is 0.435 e. The number of alkyl halides is 1. The molecule has 2 aliphatic rings. The van der Waals surface area contributed by atoms with Crippen molar-refractivity contribution in [2.45, 2.75) is 44.3 Å². The van der Waals surface area contributed by atoms with Gasteiger partial charge in [-0.3, -0.25) is 4.72 Å². The van der Waals surface area contributed by atoms with Crippen LogP contribution in [0.4, 0.5) is 29.2 Å². The molecule has 1 saturated carbocycles. The summed E-state index contributed by atoms with van der Waals surface area (Å²) in [6.45, 7) is 2.26. The number of nitrogens with one attached hydrogen (secondary N) is 3. The number of anilines is 2. The number of benzene rings is 1. The first-order valence-corrected chi connectivity index (χ1v) is 14.5. The van der Waals surface area contributed by atoms with Crippen molar-refractivity contribution in [3.63, 3.8) is 0 Å². The molecular weight excluding hydrogens is 552 g/mol. The third-order valence-corrected chi connectivity index (χ3v) is 8.29. The molecule has 40 heavy (non-hydrogen) atoms. The van der Waals surface area contributed by atoms with Crippen LogP contribution >= 0.6 is 0 Å². The Labute approximate surface area is 228 Å². The number of aromatic nitrogens is 3. The molecule has 2 fully saturated rings. The second kappa shape index (κ2) is 11.2. The molecule has 0 amide bonds. The monoisotopic (exact) mass is 580 g/mol. The highest BCUT2D eigenvalue weighted by atomic mass is 32.2. The molecule has 3 heterocycles. The van der Waals surface area contributed by atoms with E-state index in [0.717, 1.165) is 6.42 Å². The fraction of sp³-hybridized carbons (Fsp3) is 0.423. The van der Waals surface area contributed by atoms with Gasteiger partial charge in [-0.25, -0.2) is 36.5 Å². The summed E-state index contributed by atoms with van der Waals surface area (Å²) in [5, 5.41) is 6.10. The van der Waals surface area contributed by atoms with Crippen molar-refractivity contribution in [1.82, 2.24) is 20.3 Å². The third-order valence-electron chi connectivity index (χ3n) is 6.86. The van der Waals surface area contributed by atoms with Gasteiger partial charge in [-0.15, -0.1) is 0 Å². The summed E-state index contributed by atoms with van der Waals surface area (Å²) >= 11 is 0. The Morgan fingerprint density at radius 1 is 1.15 bits per heavy atom. The first-order valence-electron chi connectivity index (χ1n) is 12.8. The van der Waals surface area contributed by atoms with Gasteiger partial charge in [-0.2, -0.15) is 4.39 Å². The van der Waals surface area contributed by atoms with Crippen LogP contribution in [-0.2, 0) is 10.0 Å². The van der Waals surface area contributed by atoms with Crippen molar-refractivity contribution in [2.75, 3.05) is 28.9 Å². The van der Waals surface area contributed by atoms with Crippen LogP contribution in [0.15, 0.2) is 36.7 Å². The number of hydrogen-bond acceptors (Lipinski definition) is 8. The van der Waals surface area contributed by atoms with Gasteiger partial charge in [-0.05, 0) is 43.9 Å². The number of piperidine rings is 1. The number of nitrogens with zero attached hydrogens (tertiary/aromatic N) is 3. The van der Waals surface area contributed by atoms with Crippen LogP contribution in [0.3, 0.4) is 0 Å². The molecule has 9 nitrogen and oxygen atoms in total. The predicted octanol–water partition coefficient (Wildman–Crippen LogP) is 4.79. The van der Waals surface area contributed by atoms with E-state index in [2.05, 4.69) is 25.6 Å². The van der Waals surface area contributed by atoms with Gasteiger partial charge in [0, 0.05) is 44.0 Å². The number of hydrogen-bond donors (Lipinski definition) is 3. The van der Waals surface area contributed by atoms with Crippen LogP contribution in [0.25, 0.3) is 11.3 Å². The molecule has 1 saturated heterocycles. The van der Waals surface area contributed by atoms with E-state index in [1.54, 1.807) is 12.1 Å². The van der Waals surface area contributed by atoms with Crippen molar-refractivity contribution < 1.29 is 30.7 Å². The lowest BCUT2D eigenvalue weighted by Crippen LogP contribution is -2.50. The molecule has 2 aromatic heterocycles. The molecule has 3 aromatic rings. The van der Waals surface area contributed by atoms with Gasteiger partial charge < -0.3 is 15.4 Å². The standard InChI is InChI=1S/C26H28F4N6O3S/c1-26(30)11-16(12-31-14-26)34-25-33-9-7-19(35-25)17-6-3-8-32-24(17)39-20-10-18(27)23(22(29)21(20)28)36-40(37,38)13-15-4-2-5-15/h3,6-10,15-16,31,36H,2,4-5,11-14H2,1H3,(H,33,34,35)/t16?,26-/m0/s1. The van der Waals surface area contributed by atoms with Crippen LogP contribution in [-0.4, -0.2) is 53.9 Å². The van der Waals surface area contributed by atoms with E-state index in [4.69, 9.17) is 4.74 Å². The van der Waals surface area contributed by atoms with Crippen molar-refractivity contribution in [3.8, 4) is 22.9 Å². The molecule has 214 valence electrons. The quantitative estimate of drug-likeness (QED) is 0.244. The highest BCUT2D eigenvalue weighted by molar-refractivity contribution is 7.92. The van der Waals surface area contributed by atoms with E-state index in [1.165, 1.54) is 25.4 Å². The zero-order chi connectivity index (χ0) is 28.5. The number of rotatable bonds is 9. The van der Waals surface area contributed by atoms with E-state index in [0.29, 0.717) is 31.1 Å². The van der Waals surface area contributed by atoms with Gasteiger partial charge in [0.15, 0.2) is 17.4 Å². The minimum Gasteiger partial charge on any atom is -0.435 e. The van der Waals surface area contributed by atoms with E-state index < -0.39 is 44.6 Å². The fourth-order valence-corrected chi connectivity index (χ4v) is 6.24. The fourth-order valence-electron chi connectivity index (χ4n) is 4.71. The molecule has 1 aromatic carbocycles. The van der Waals surface area contributed by atoms with Crippen LogP contribution in [0.5, 0.6) is 11.6 Å². The van der Waals surface area contributed by atoms with Gasteiger partial charge >= 0.3 is 0 Å². The normalized spacial score (nSPS) is 21.5. The maximum Gasteiger partial charge on any atom is 0.233 e. The molecule has 0 bridgehead atoms. The van der Waals surface area contributed by atoms with Crippen LogP contribution in [0.2, 0.25) is 0 Å². The summed E-state index contributed by atoms with van der Waals surface area (Å²) in [5.74, 6) is -5.92. The van der Waals surface area contributed by atoms with Gasteiger partial charge in [0.05, 0.1) is 17.0 Å². The Morgan fingerprint density at radius 3 is 2.67 bits per heavy atom. The highest BCUT2D eigenvalue weighted by Gasteiger charge is 2.32. The SMILES string of the molecule is C[C@@]1(F)CNCC(Nc2nccc(-c3cccnc3Oc3cc(F)c(NS(=O)(=O)CC4CCC4)c(F)c3F)n2)C1. The number of ether oxygens (including phenoxy) is 1.